The van der Waals surface area contributed by atoms with Crippen molar-refractivity contribution in [3.63, 3.8) is 0 Å². The molecule has 1 aliphatic rings. The summed E-state index contributed by atoms with van der Waals surface area (Å²) in [4.78, 5) is 15.4. The minimum atomic E-state index is -0.413. The Bertz CT molecular complexity index is 490. The van der Waals surface area contributed by atoms with Gasteiger partial charge in [-0.1, -0.05) is 24.3 Å². The number of hydrogen-bond donors (Lipinski definition) is 1. The van der Waals surface area contributed by atoms with Crippen LogP contribution in [0.3, 0.4) is 0 Å². The summed E-state index contributed by atoms with van der Waals surface area (Å²) in [6.45, 7) is 2.07. The molecule has 82 valence electrons. The van der Waals surface area contributed by atoms with Crippen LogP contribution in [0.4, 0.5) is 0 Å². The van der Waals surface area contributed by atoms with Crippen molar-refractivity contribution in [3.8, 4) is 0 Å². The molecule has 0 bridgehead atoms. The molecule has 16 heavy (non-hydrogen) atoms. The fourth-order valence-corrected chi connectivity index (χ4v) is 1.52. The van der Waals surface area contributed by atoms with E-state index >= 15 is 0 Å². The van der Waals surface area contributed by atoms with Crippen molar-refractivity contribution in [2.75, 3.05) is 0 Å². The number of carbonyl (C=O) groups excluding carboxylic acids is 1. The number of hydrogen-bond acceptors (Lipinski definition) is 4. The van der Waals surface area contributed by atoms with Gasteiger partial charge < -0.3 is 10.5 Å². The number of nitrogens with two attached hydrogens (primary N) is 1. The molecule has 0 saturated carbocycles. The molecule has 0 radical (unpaired) electrons. The van der Waals surface area contributed by atoms with Gasteiger partial charge in [0.2, 0.25) is 0 Å². The van der Waals surface area contributed by atoms with Crippen molar-refractivity contribution in [1.29, 1.82) is 0 Å². The molecular formula is C12H12N2O2. The highest BCUT2D eigenvalue weighted by Crippen LogP contribution is 2.17. The van der Waals surface area contributed by atoms with Gasteiger partial charge in [-0.25, -0.2) is 9.79 Å². The maximum Gasteiger partial charge on any atom is 0.363 e. The smallest absolute Gasteiger partial charge is 0.363 e. The maximum absolute atomic E-state index is 11.4. The highest BCUT2D eigenvalue weighted by atomic mass is 16.6. The number of carbonyl (C=O) groups is 1. The molecule has 0 spiro atoms. The van der Waals surface area contributed by atoms with E-state index in [2.05, 4.69) is 4.99 Å². The molecule has 1 aromatic rings. The number of esters is 1. The summed E-state index contributed by atoms with van der Waals surface area (Å²) >= 11 is 0. The second-order valence-corrected chi connectivity index (χ2v) is 3.45. The van der Waals surface area contributed by atoms with Gasteiger partial charge in [-0.15, -0.1) is 0 Å². The molecule has 1 aliphatic heterocycles. The summed E-state index contributed by atoms with van der Waals surface area (Å²) in [5.74, 6) is -0.0363. The van der Waals surface area contributed by atoms with E-state index in [0.29, 0.717) is 18.1 Å². The molecule has 0 saturated heterocycles. The summed E-state index contributed by atoms with van der Waals surface area (Å²) in [5, 5.41) is 0. The Morgan fingerprint density at radius 2 is 2.19 bits per heavy atom. The average Bonchev–Trinajstić information content (AvgIpc) is 2.58. The summed E-state index contributed by atoms with van der Waals surface area (Å²) in [5.41, 5.74) is 7.80. The molecule has 0 atom stereocenters. The third kappa shape index (κ3) is 2.01. The topological polar surface area (TPSA) is 64.7 Å². The fourth-order valence-electron chi connectivity index (χ4n) is 1.52. The van der Waals surface area contributed by atoms with Gasteiger partial charge in [-0.05, 0) is 17.2 Å². The van der Waals surface area contributed by atoms with Gasteiger partial charge >= 0.3 is 5.97 Å². The molecular weight excluding hydrogens is 204 g/mol. The second kappa shape index (κ2) is 4.28. The van der Waals surface area contributed by atoms with Gasteiger partial charge in [0.05, 0.1) is 0 Å². The second-order valence-electron chi connectivity index (χ2n) is 3.45. The zero-order chi connectivity index (χ0) is 11.5. The summed E-state index contributed by atoms with van der Waals surface area (Å²) in [7, 11) is 0. The van der Waals surface area contributed by atoms with Gasteiger partial charge in [0.25, 0.3) is 0 Å². The Hall–Kier alpha value is -1.94. The monoisotopic (exact) mass is 216 g/mol. The van der Waals surface area contributed by atoms with E-state index < -0.39 is 5.97 Å². The van der Waals surface area contributed by atoms with E-state index in [0.717, 1.165) is 11.1 Å². The molecule has 1 aromatic carbocycles. The molecule has 0 aromatic heterocycles. The SMILES string of the molecule is CC1=NC(=Cc2ccccc2CN)C(=O)O1. The largest absolute Gasteiger partial charge is 0.407 e. The molecule has 2 rings (SSSR count). The van der Waals surface area contributed by atoms with Gasteiger partial charge in [0.15, 0.2) is 11.6 Å². The number of rotatable bonds is 2. The minimum Gasteiger partial charge on any atom is -0.407 e. The van der Waals surface area contributed by atoms with Crippen LogP contribution in [0.1, 0.15) is 18.1 Å². The minimum absolute atomic E-state index is 0.318. The molecule has 2 N–H and O–H groups in total. The van der Waals surface area contributed by atoms with Crippen LogP contribution in [0.2, 0.25) is 0 Å². The molecule has 0 aliphatic carbocycles. The lowest BCUT2D eigenvalue weighted by atomic mass is 10.1. The number of cyclic esters (lactones) is 1. The maximum atomic E-state index is 11.4. The summed E-state index contributed by atoms with van der Waals surface area (Å²) in [6, 6.07) is 7.61. The Kier molecular flexibility index (Phi) is 2.83. The Balaban J connectivity index is 2.39. The van der Waals surface area contributed by atoms with E-state index in [4.69, 9.17) is 10.5 Å². The van der Waals surface area contributed by atoms with Gasteiger partial charge in [-0.2, -0.15) is 0 Å². The van der Waals surface area contributed by atoms with E-state index in [9.17, 15) is 4.79 Å². The predicted octanol–water partition coefficient (Wildman–Crippen LogP) is 1.46. The third-order valence-corrected chi connectivity index (χ3v) is 2.29. The molecule has 0 fully saturated rings. The normalized spacial score (nSPS) is 17.5. The Labute approximate surface area is 93.4 Å². The molecule has 1 heterocycles. The first-order valence-corrected chi connectivity index (χ1v) is 4.98. The van der Waals surface area contributed by atoms with Crippen LogP contribution in [0.5, 0.6) is 0 Å². The fraction of sp³-hybridized carbons (Fsp3) is 0.167. The number of aliphatic imine (C=N–C) groups is 1. The van der Waals surface area contributed by atoms with E-state index in [1.165, 1.54) is 0 Å². The van der Waals surface area contributed by atoms with Crippen LogP contribution < -0.4 is 5.73 Å². The molecule has 0 unspecified atom stereocenters. The highest BCUT2D eigenvalue weighted by molar-refractivity contribution is 6.06. The Morgan fingerprint density at radius 3 is 2.81 bits per heavy atom. The van der Waals surface area contributed by atoms with E-state index in [1.807, 2.05) is 24.3 Å². The lowest BCUT2D eigenvalue weighted by molar-refractivity contribution is -0.130. The predicted molar refractivity (Wildman–Crippen MR) is 61.5 cm³/mol. The van der Waals surface area contributed by atoms with Crippen LogP contribution in [-0.4, -0.2) is 11.9 Å². The van der Waals surface area contributed by atoms with E-state index in [1.54, 1.807) is 13.0 Å². The zero-order valence-corrected chi connectivity index (χ0v) is 8.93. The van der Waals surface area contributed by atoms with Crippen LogP contribution >= 0.6 is 0 Å². The summed E-state index contributed by atoms with van der Waals surface area (Å²) in [6.07, 6.45) is 1.70. The van der Waals surface area contributed by atoms with Gasteiger partial charge in [0, 0.05) is 13.5 Å². The van der Waals surface area contributed by atoms with E-state index in [-0.39, 0.29) is 0 Å². The number of nitrogens with zero attached hydrogens (tertiary/aromatic N) is 1. The summed E-state index contributed by atoms with van der Waals surface area (Å²) < 4.78 is 4.83. The van der Waals surface area contributed by atoms with Crippen LogP contribution in [0.25, 0.3) is 6.08 Å². The van der Waals surface area contributed by atoms with Crippen LogP contribution in [0.15, 0.2) is 35.0 Å². The molecule has 4 heteroatoms. The van der Waals surface area contributed by atoms with Gasteiger partial charge in [0.1, 0.15) is 0 Å². The lowest BCUT2D eigenvalue weighted by Gasteiger charge is -2.01. The first kappa shape index (κ1) is 10.6. The van der Waals surface area contributed by atoms with Crippen molar-refractivity contribution >= 4 is 17.9 Å². The standard InChI is InChI=1S/C12H12N2O2/c1-8-14-11(12(15)16-8)6-9-4-2-3-5-10(9)7-13/h2-6H,7,13H2,1H3. The molecule has 4 nitrogen and oxygen atoms in total. The first-order chi connectivity index (χ1) is 7.70. The first-order valence-electron chi connectivity index (χ1n) is 4.98. The van der Waals surface area contributed by atoms with Crippen molar-refractivity contribution in [1.82, 2.24) is 0 Å². The average molecular weight is 216 g/mol. The quantitative estimate of drug-likeness (QED) is 0.601. The van der Waals surface area contributed by atoms with Crippen molar-refractivity contribution < 1.29 is 9.53 Å². The number of ether oxygens (including phenoxy) is 1. The van der Waals surface area contributed by atoms with Crippen molar-refractivity contribution in [2.45, 2.75) is 13.5 Å². The third-order valence-electron chi connectivity index (χ3n) is 2.29. The van der Waals surface area contributed by atoms with Crippen LogP contribution in [0, 0.1) is 0 Å². The molecule has 0 amide bonds. The van der Waals surface area contributed by atoms with Crippen LogP contribution in [-0.2, 0) is 16.1 Å². The zero-order valence-electron chi connectivity index (χ0n) is 8.93. The highest BCUT2D eigenvalue weighted by Gasteiger charge is 2.19. The number of benzene rings is 1. The van der Waals surface area contributed by atoms with Crippen molar-refractivity contribution in [3.05, 3.63) is 41.1 Å². The lowest BCUT2D eigenvalue weighted by Crippen LogP contribution is -2.01. The van der Waals surface area contributed by atoms with Crippen molar-refractivity contribution in [2.24, 2.45) is 10.7 Å². The van der Waals surface area contributed by atoms with Gasteiger partial charge in [-0.3, -0.25) is 0 Å². The Morgan fingerprint density at radius 1 is 1.44 bits per heavy atom.